The third-order valence-corrected chi connectivity index (χ3v) is 4.42. The molecule has 0 aliphatic heterocycles. The smallest absolute Gasteiger partial charge is 0.317 e. The van der Waals surface area contributed by atoms with Crippen LogP contribution in [0.5, 0.6) is 0 Å². The second kappa shape index (κ2) is 6.27. The van der Waals surface area contributed by atoms with E-state index in [4.69, 9.17) is 0 Å². The summed E-state index contributed by atoms with van der Waals surface area (Å²) in [6.07, 6.45) is 11.7. The largest absolute Gasteiger partial charge is 0.341 e. The molecule has 2 rings (SSSR count). The third-order valence-electron chi connectivity index (χ3n) is 4.42. The molecule has 98 valence electrons. The van der Waals surface area contributed by atoms with Crippen LogP contribution in [0.3, 0.4) is 0 Å². The molecule has 3 nitrogen and oxygen atoms in total. The van der Waals surface area contributed by atoms with Crippen molar-refractivity contribution >= 4 is 6.03 Å². The van der Waals surface area contributed by atoms with Crippen LogP contribution in [-0.4, -0.2) is 30.6 Å². The van der Waals surface area contributed by atoms with Gasteiger partial charge in [-0.25, -0.2) is 4.79 Å². The van der Waals surface area contributed by atoms with Gasteiger partial charge in [-0.2, -0.15) is 0 Å². The lowest BCUT2D eigenvalue weighted by Gasteiger charge is -2.35. The lowest BCUT2D eigenvalue weighted by Crippen LogP contribution is -2.47. The van der Waals surface area contributed by atoms with Crippen molar-refractivity contribution in [2.75, 3.05) is 13.6 Å². The van der Waals surface area contributed by atoms with Crippen molar-refractivity contribution < 1.29 is 4.79 Å². The molecule has 3 heteroatoms. The predicted molar refractivity (Wildman–Crippen MR) is 70.0 cm³/mol. The topological polar surface area (TPSA) is 32.3 Å². The van der Waals surface area contributed by atoms with Crippen LogP contribution in [0.4, 0.5) is 4.79 Å². The van der Waals surface area contributed by atoms with Crippen LogP contribution in [0.25, 0.3) is 0 Å². The minimum absolute atomic E-state index is 0.142. The Balaban J connectivity index is 1.93. The molecular formula is C14H26N2O. The normalized spacial score (nSPS) is 22.6. The van der Waals surface area contributed by atoms with Crippen LogP contribution in [-0.2, 0) is 0 Å². The monoisotopic (exact) mass is 238 g/mol. The lowest BCUT2D eigenvalue weighted by atomic mass is 9.93. The lowest BCUT2D eigenvalue weighted by molar-refractivity contribution is 0.144. The summed E-state index contributed by atoms with van der Waals surface area (Å²) in [5.74, 6) is 0.759. The molecule has 0 heterocycles. The van der Waals surface area contributed by atoms with Gasteiger partial charge >= 0.3 is 6.03 Å². The van der Waals surface area contributed by atoms with E-state index in [0.29, 0.717) is 6.04 Å². The number of amides is 2. The van der Waals surface area contributed by atoms with E-state index in [1.165, 1.54) is 57.8 Å². The molecule has 17 heavy (non-hydrogen) atoms. The third kappa shape index (κ3) is 3.36. The van der Waals surface area contributed by atoms with Gasteiger partial charge in [0.15, 0.2) is 0 Å². The van der Waals surface area contributed by atoms with E-state index in [1.807, 2.05) is 0 Å². The molecule has 0 bridgehead atoms. The maximum Gasteiger partial charge on any atom is 0.317 e. The standard InChI is InChI=1S/C14H26N2O/c1-15-14(17)16(11-12-7-5-6-8-12)13-9-3-2-4-10-13/h12-13H,2-11H2,1H3,(H,15,17). The number of nitrogens with zero attached hydrogens (tertiary/aromatic N) is 1. The van der Waals surface area contributed by atoms with E-state index in [1.54, 1.807) is 7.05 Å². The Morgan fingerprint density at radius 2 is 1.65 bits per heavy atom. The second-order valence-corrected chi connectivity index (χ2v) is 5.65. The summed E-state index contributed by atoms with van der Waals surface area (Å²) >= 11 is 0. The van der Waals surface area contributed by atoms with Gasteiger partial charge in [0.25, 0.3) is 0 Å². The molecule has 0 saturated heterocycles. The number of hydrogen-bond acceptors (Lipinski definition) is 1. The summed E-state index contributed by atoms with van der Waals surface area (Å²) in [5, 5.41) is 2.82. The Morgan fingerprint density at radius 1 is 1.06 bits per heavy atom. The summed E-state index contributed by atoms with van der Waals surface area (Å²) in [6.45, 7) is 0.990. The fraction of sp³-hybridized carbons (Fsp3) is 0.929. The summed E-state index contributed by atoms with van der Waals surface area (Å²) in [5.41, 5.74) is 0. The molecular weight excluding hydrogens is 212 g/mol. The number of nitrogens with one attached hydrogen (secondary N) is 1. The first kappa shape index (κ1) is 12.7. The van der Waals surface area contributed by atoms with Gasteiger partial charge in [-0.3, -0.25) is 0 Å². The van der Waals surface area contributed by atoms with Gasteiger partial charge < -0.3 is 10.2 Å². The van der Waals surface area contributed by atoms with Gasteiger partial charge in [-0.05, 0) is 31.6 Å². The molecule has 2 fully saturated rings. The van der Waals surface area contributed by atoms with Crippen molar-refractivity contribution in [3.8, 4) is 0 Å². The van der Waals surface area contributed by atoms with E-state index < -0.39 is 0 Å². The molecule has 2 aliphatic rings. The zero-order valence-electron chi connectivity index (χ0n) is 11.1. The van der Waals surface area contributed by atoms with Gasteiger partial charge in [0, 0.05) is 19.6 Å². The minimum atomic E-state index is 0.142. The van der Waals surface area contributed by atoms with Crippen LogP contribution < -0.4 is 5.32 Å². The molecule has 2 saturated carbocycles. The van der Waals surface area contributed by atoms with E-state index in [0.717, 1.165) is 12.5 Å². The molecule has 0 spiro atoms. The van der Waals surface area contributed by atoms with Crippen molar-refractivity contribution in [3.05, 3.63) is 0 Å². The van der Waals surface area contributed by atoms with Gasteiger partial charge in [0.2, 0.25) is 0 Å². The first-order valence-electron chi connectivity index (χ1n) is 7.29. The highest BCUT2D eigenvalue weighted by Gasteiger charge is 2.28. The minimum Gasteiger partial charge on any atom is -0.341 e. The summed E-state index contributed by atoms with van der Waals surface area (Å²) in [6, 6.07) is 0.646. The van der Waals surface area contributed by atoms with Crippen molar-refractivity contribution in [2.24, 2.45) is 5.92 Å². The Kier molecular flexibility index (Phi) is 4.69. The Hall–Kier alpha value is -0.730. The quantitative estimate of drug-likeness (QED) is 0.805. The number of urea groups is 1. The number of rotatable bonds is 3. The second-order valence-electron chi connectivity index (χ2n) is 5.65. The first-order valence-corrected chi connectivity index (χ1v) is 7.29. The fourth-order valence-electron chi connectivity index (χ4n) is 3.41. The highest BCUT2D eigenvalue weighted by atomic mass is 16.2. The average molecular weight is 238 g/mol. The van der Waals surface area contributed by atoms with Crippen LogP contribution >= 0.6 is 0 Å². The molecule has 2 aliphatic carbocycles. The number of carbonyl (C=O) groups excluding carboxylic acids is 1. The average Bonchev–Trinajstić information content (AvgIpc) is 2.89. The Bertz CT molecular complexity index is 243. The van der Waals surface area contributed by atoms with E-state index in [2.05, 4.69) is 10.2 Å². The predicted octanol–water partition coefficient (Wildman–Crippen LogP) is 3.15. The highest BCUT2D eigenvalue weighted by Crippen LogP contribution is 2.29. The molecule has 1 N–H and O–H groups in total. The van der Waals surface area contributed by atoms with E-state index in [-0.39, 0.29) is 6.03 Å². The molecule has 0 unspecified atom stereocenters. The van der Waals surface area contributed by atoms with Crippen molar-refractivity contribution in [1.82, 2.24) is 10.2 Å². The van der Waals surface area contributed by atoms with Crippen LogP contribution in [0.1, 0.15) is 57.8 Å². The van der Waals surface area contributed by atoms with Crippen molar-refractivity contribution in [2.45, 2.75) is 63.8 Å². The summed E-state index contributed by atoms with van der Waals surface area (Å²) < 4.78 is 0. The molecule has 0 aromatic rings. The van der Waals surface area contributed by atoms with Crippen LogP contribution in [0, 0.1) is 5.92 Å². The molecule has 0 aromatic carbocycles. The van der Waals surface area contributed by atoms with Gasteiger partial charge in [-0.15, -0.1) is 0 Å². The van der Waals surface area contributed by atoms with Gasteiger partial charge in [0.05, 0.1) is 0 Å². The summed E-state index contributed by atoms with van der Waals surface area (Å²) in [7, 11) is 1.76. The van der Waals surface area contributed by atoms with Crippen molar-refractivity contribution in [3.63, 3.8) is 0 Å². The number of hydrogen-bond donors (Lipinski definition) is 1. The zero-order chi connectivity index (χ0) is 12.1. The van der Waals surface area contributed by atoms with E-state index in [9.17, 15) is 4.79 Å². The maximum absolute atomic E-state index is 12.0. The molecule has 0 radical (unpaired) electrons. The highest BCUT2D eigenvalue weighted by molar-refractivity contribution is 5.74. The maximum atomic E-state index is 12.0. The van der Waals surface area contributed by atoms with Gasteiger partial charge in [-0.1, -0.05) is 32.1 Å². The van der Waals surface area contributed by atoms with Crippen LogP contribution in [0.2, 0.25) is 0 Å². The molecule has 0 atom stereocenters. The first-order chi connectivity index (χ1) is 8.31. The summed E-state index contributed by atoms with van der Waals surface area (Å²) in [4.78, 5) is 14.1. The van der Waals surface area contributed by atoms with Gasteiger partial charge in [0.1, 0.15) is 0 Å². The fourth-order valence-corrected chi connectivity index (χ4v) is 3.41. The van der Waals surface area contributed by atoms with E-state index >= 15 is 0 Å². The van der Waals surface area contributed by atoms with Crippen molar-refractivity contribution in [1.29, 1.82) is 0 Å². The Labute approximate surface area is 105 Å². The number of carbonyl (C=O) groups is 1. The van der Waals surface area contributed by atoms with Crippen LogP contribution in [0.15, 0.2) is 0 Å². The zero-order valence-corrected chi connectivity index (χ0v) is 11.1. The molecule has 2 amide bonds. The Morgan fingerprint density at radius 3 is 2.24 bits per heavy atom. The molecule has 0 aromatic heterocycles. The SMILES string of the molecule is CNC(=O)N(CC1CCCC1)C1CCCCC1.